The van der Waals surface area contributed by atoms with Crippen LogP contribution in [0.15, 0.2) is 17.2 Å². The minimum atomic E-state index is -0.785. The third kappa shape index (κ3) is 3.28. The lowest BCUT2D eigenvalue weighted by molar-refractivity contribution is -0.385. The molecule has 9 heteroatoms. The fraction of sp³-hybridized carbons (Fsp3) is 0. The fourth-order valence-corrected chi connectivity index (χ4v) is 1.05. The number of rotatable bonds is 3. The molecule has 0 radical (unpaired) electrons. The molecule has 0 aliphatic heterocycles. The van der Waals surface area contributed by atoms with Crippen LogP contribution < -0.4 is 11.2 Å². The molecular formula is C8H8N4O4S. The van der Waals surface area contributed by atoms with Crippen molar-refractivity contribution in [3.8, 4) is 11.5 Å². The minimum absolute atomic E-state index is 0.0400. The summed E-state index contributed by atoms with van der Waals surface area (Å²) in [6.07, 6.45) is 1.08. The zero-order valence-corrected chi connectivity index (χ0v) is 9.14. The van der Waals surface area contributed by atoms with E-state index in [1.165, 1.54) is 0 Å². The molecule has 0 saturated carbocycles. The zero-order chi connectivity index (χ0) is 13.0. The van der Waals surface area contributed by atoms with Crippen molar-refractivity contribution >= 4 is 29.2 Å². The molecule has 1 aromatic carbocycles. The van der Waals surface area contributed by atoms with E-state index in [1.54, 1.807) is 0 Å². The highest BCUT2D eigenvalue weighted by molar-refractivity contribution is 7.80. The summed E-state index contributed by atoms with van der Waals surface area (Å²) >= 11 is 4.47. The second kappa shape index (κ2) is 5.07. The van der Waals surface area contributed by atoms with E-state index in [0.29, 0.717) is 0 Å². The van der Waals surface area contributed by atoms with E-state index in [2.05, 4.69) is 22.7 Å². The number of phenolic OH excluding ortho intramolecular Hbond substituents is 2. The van der Waals surface area contributed by atoms with Gasteiger partial charge in [-0.3, -0.25) is 15.5 Å². The van der Waals surface area contributed by atoms with Gasteiger partial charge in [-0.15, -0.1) is 0 Å². The number of nitrogens with zero attached hydrogens (tertiary/aromatic N) is 2. The number of hydrogen-bond donors (Lipinski definition) is 4. The molecule has 0 bridgehead atoms. The lowest BCUT2D eigenvalue weighted by atomic mass is 10.2. The van der Waals surface area contributed by atoms with Crippen molar-refractivity contribution in [3.63, 3.8) is 0 Å². The Hall–Kier alpha value is -2.42. The highest BCUT2D eigenvalue weighted by atomic mass is 32.1. The van der Waals surface area contributed by atoms with Crippen LogP contribution in [0.5, 0.6) is 11.5 Å². The van der Waals surface area contributed by atoms with Crippen molar-refractivity contribution in [2.24, 2.45) is 10.8 Å². The Kier molecular flexibility index (Phi) is 3.78. The third-order valence-electron chi connectivity index (χ3n) is 1.70. The molecule has 0 amide bonds. The van der Waals surface area contributed by atoms with Crippen LogP contribution in [0.25, 0.3) is 0 Å². The number of nitrogens with one attached hydrogen (secondary N) is 1. The Morgan fingerprint density at radius 2 is 2.18 bits per heavy atom. The predicted octanol–water partition coefficient (Wildman–Crippen LogP) is 0.173. The number of thiocarbonyl (C=S) groups is 1. The number of nitro groups is 1. The van der Waals surface area contributed by atoms with Gasteiger partial charge in [-0.25, -0.2) is 0 Å². The summed E-state index contributed by atoms with van der Waals surface area (Å²) in [7, 11) is 0. The average Bonchev–Trinajstić information content (AvgIpc) is 2.20. The van der Waals surface area contributed by atoms with Crippen molar-refractivity contribution in [1.82, 2.24) is 5.43 Å². The van der Waals surface area contributed by atoms with Gasteiger partial charge < -0.3 is 15.9 Å². The smallest absolute Gasteiger partial charge is 0.311 e. The summed E-state index contributed by atoms with van der Waals surface area (Å²) in [5.74, 6) is -0.992. The number of benzene rings is 1. The highest BCUT2D eigenvalue weighted by Gasteiger charge is 2.16. The summed E-state index contributed by atoms with van der Waals surface area (Å²) in [4.78, 5) is 9.75. The van der Waals surface area contributed by atoms with Gasteiger partial charge >= 0.3 is 5.69 Å². The number of nitrogens with two attached hydrogens (primary N) is 1. The first-order valence-electron chi connectivity index (χ1n) is 4.20. The van der Waals surface area contributed by atoms with Crippen molar-refractivity contribution in [2.75, 3.05) is 0 Å². The minimum Gasteiger partial charge on any atom is -0.507 e. The predicted molar refractivity (Wildman–Crippen MR) is 63.9 cm³/mol. The van der Waals surface area contributed by atoms with Crippen LogP contribution >= 0.6 is 12.2 Å². The van der Waals surface area contributed by atoms with Gasteiger partial charge in [0.15, 0.2) is 10.9 Å². The largest absolute Gasteiger partial charge is 0.507 e. The molecular weight excluding hydrogens is 248 g/mol. The van der Waals surface area contributed by atoms with Gasteiger partial charge in [0.1, 0.15) is 5.75 Å². The maximum absolute atomic E-state index is 10.5. The van der Waals surface area contributed by atoms with Crippen LogP contribution in [0.1, 0.15) is 5.56 Å². The van der Waals surface area contributed by atoms with E-state index >= 15 is 0 Å². The summed E-state index contributed by atoms with van der Waals surface area (Å²) in [5.41, 5.74) is 6.81. The Bertz CT molecular complexity index is 503. The quantitative estimate of drug-likeness (QED) is 0.262. The van der Waals surface area contributed by atoms with E-state index in [-0.39, 0.29) is 16.4 Å². The van der Waals surface area contributed by atoms with Crippen LogP contribution in [0.2, 0.25) is 0 Å². The third-order valence-corrected chi connectivity index (χ3v) is 1.79. The van der Waals surface area contributed by atoms with Gasteiger partial charge in [-0.2, -0.15) is 5.10 Å². The second-order valence-corrected chi connectivity index (χ2v) is 3.33. The maximum atomic E-state index is 10.5. The molecule has 0 aliphatic rings. The van der Waals surface area contributed by atoms with Gasteiger partial charge in [-0.05, 0) is 12.2 Å². The molecule has 0 spiro atoms. The van der Waals surface area contributed by atoms with Gasteiger partial charge in [0.05, 0.1) is 11.1 Å². The van der Waals surface area contributed by atoms with Crippen molar-refractivity contribution < 1.29 is 15.1 Å². The zero-order valence-electron chi connectivity index (χ0n) is 8.32. The van der Waals surface area contributed by atoms with Gasteiger partial charge in [0.25, 0.3) is 0 Å². The average molecular weight is 256 g/mol. The van der Waals surface area contributed by atoms with E-state index in [1.807, 2.05) is 0 Å². The molecule has 0 heterocycles. The number of phenols is 2. The Morgan fingerprint density at radius 3 is 2.71 bits per heavy atom. The Morgan fingerprint density at radius 1 is 1.53 bits per heavy atom. The van der Waals surface area contributed by atoms with Crippen molar-refractivity contribution in [1.29, 1.82) is 0 Å². The topological polar surface area (TPSA) is 134 Å². The lowest BCUT2D eigenvalue weighted by Gasteiger charge is -2.01. The molecule has 1 rings (SSSR count). The molecule has 1 aromatic rings. The van der Waals surface area contributed by atoms with Crippen LogP contribution in [0.3, 0.4) is 0 Å². The summed E-state index contributed by atoms with van der Waals surface area (Å²) < 4.78 is 0. The normalized spacial score (nSPS) is 10.4. The number of aromatic hydroxyl groups is 2. The lowest BCUT2D eigenvalue weighted by Crippen LogP contribution is -2.24. The van der Waals surface area contributed by atoms with E-state index in [0.717, 1.165) is 18.3 Å². The molecule has 5 N–H and O–H groups in total. The standard InChI is InChI=1S/C8H8N4O4S/c9-8(17)11-10-3-4-1-5(12(15)16)7(14)2-6(4)13/h1-3,13-14H,(H3,9,11,17)/b10-3-. The first-order valence-corrected chi connectivity index (χ1v) is 4.61. The monoisotopic (exact) mass is 256 g/mol. The van der Waals surface area contributed by atoms with Gasteiger partial charge in [0, 0.05) is 17.7 Å². The van der Waals surface area contributed by atoms with Crippen LogP contribution in [0, 0.1) is 10.1 Å². The Labute approximate surface area is 101 Å². The van der Waals surface area contributed by atoms with E-state index < -0.39 is 16.4 Å². The first kappa shape index (κ1) is 12.6. The molecule has 90 valence electrons. The van der Waals surface area contributed by atoms with Crippen LogP contribution in [-0.2, 0) is 0 Å². The second-order valence-electron chi connectivity index (χ2n) is 2.89. The molecule has 0 aliphatic carbocycles. The fourth-order valence-electron chi connectivity index (χ4n) is 0.997. The number of hydrogen-bond acceptors (Lipinski definition) is 6. The Balaban J connectivity index is 3.07. The molecule has 17 heavy (non-hydrogen) atoms. The number of nitro benzene ring substituents is 1. The summed E-state index contributed by atoms with van der Waals surface area (Å²) in [6.45, 7) is 0. The SMILES string of the molecule is NC(=S)N/N=C\c1cc([N+](=O)[O-])c(O)cc1O. The molecule has 0 unspecified atom stereocenters. The summed E-state index contributed by atoms with van der Waals surface area (Å²) in [5, 5.41) is 32.6. The van der Waals surface area contributed by atoms with Crippen molar-refractivity contribution in [3.05, 3.63) is 27.8 Å². The molecule has 0 saturated heterocycles. The van der Waals surface area contributed by atoms with Crippen LogP contribution in [0.4, 0.5) is 5.69 Å². The molecule has 8 nitrogen and oxygen atoms in total. The van der Waals surface area contributed by atoms with Crippen molar-refractivity contribution in [2.45, 2.75) is 0 Å². The maximum Gasteiger partial charge on any atom is 0.311 e. The molecule has 0 atom stereocenters. The first-order chi connectivity index (χ1) is 7.91. The van der Waals surface area contributed by atoms with Gasteiger partial charge in [0.2, 0.25) is 0 Å². The molecule has 0 fully saturated rings. The number of hydrazone groups is 1. The van der Waals surface area contributed by atoms with E-state index in [9.17, 15) is 20.3 Å². The van der Waals surface area contributed by atoms with Gasteiger partial charge in [-0.1, -0.05) is 0 Å². The summed E-state index contributed by atoms with van der Waals surface area (Å²) in [6, 6.07) is 1.82. The molecule has 0 aromatic heterocycles. The van der Waals surface area contributed by atoms with Crippen LogP contribution in [-0.4, -0.2) is 26.5 Å². The van der Waals surface area contributed by atoms with E-state index in [4.69, 9.17) is 5.73 Å². The highest BCUT2D eigenvalue weighted by Crippen LogP contribution is 2.31.